The van der Waals surface area contributed by atoms with Crippen LogP contribution in [0.1, 0.15) is 25.0 Å². The molecule has 1 aromatic rings. The van der Waals surface area contributed by atoms with Gasteiger partial charge in [-0.15, -0.1) is 0 Å². The average Bonchev–Trinajstić information content (AvgIpc) is 2.03. The van der Waals surface area contributed by atoms with E-state index in [1.807, 2.05) is 19.1 Å². The molecule has 1 heterocycles. The van der Waals surface area contributed by atoms with E-state index in [1.165, 1.54) is 19.3 Å². The SMILES string of the molecule is Cc1ccc(N)c(NC2CCC2)n1. The fraction of sp³-hybridized carbons (Fsp3) is 0.500. The molecule has 1 aliphatic rings. The number of pyridine rings is 1. The molecule has 0 radical (unpaired) electrons. The lowest BCUT2D eigenvalue weighted by atomic mass is 9.93. The van der Waals surface area contributed by atoms with E-state index in [4.69, 9.17) is 5.73 Å². The fourth-order valence-electron chi connectivity index (χ4n) is 1.43. The maximum Gasteiger partial charge on any atom is 0.149 e. The molecule has 0 saturated heterocycles. The Balaban J connectivity index is 2.13. The number of aromatic nitrogens is 1. The van der Waals surface area contributed by atoms with E-state index < -0.39 is 0 Å². The molecule has 2 rings (SSSR count). The summed E-state index contributed by atoms with van der Waals surface area (Å²) in [5, 5.41) is 3.35. The van der Waals surface area contributed by atoms with Crippen molar-refractivity contribution in [1.82, 2.24) is 4.98 Å². The predicted molar refractivity (Wildman–Crippen MR) is 54.6 cm³/mol. The van der Waals surface area contributed by atoms with Gasteiger partial charge in [-0.2, -0.15) is 0 Å². The summed E-state index contributed by atoms with van der Waals surface area (Å²) in [4.78, 5) is 4.36. The summed E-state index contributed by atoms with van der Waals surface area (Å²) in [5.74, 6) is 0.852. The molecule has 0 atom stereocenters. The van der Waals surface area contributed by atoms with Gasteiger partial charge in [-0.3, -0.25) is 0 Å². The van der Waals surface area contributed by atoms with Crippen LogP contribution in [0.5, 0.6) is 0 Å². The van der Waals surface area contributed by atoms with Crippen molar-refractivity contribution < 1.29 is 0 Å². The van der Waals surface area contributed by atoms with Gasteiger partial charge in [-0.1, -0.05) is 0 Å². The van der Waals surface area contributed by atoms with Crippen LogP contribution in [0.4, 0.5) is 11.5 Å². The standard InChI is InChI=1S/C10H15N3/c1-7-5-6-9(11)10(12-7)13-8-3-2-4-8/h5-6,8H,2-4,11H2,1H3,(H,12,13). The van der Waals surface area contributed by atoms with E-state index in [2.05, 4.69) is 10.3 Å². The van der Waals surface area contributed by atoms with Gasteiger partial charge in [0.15, 0.2) is 0 Å². The van der Waals surface area contributed by atoms with Crippen LogP contribution in [0.15, 0.2) is 12.1 Å². The van der Waals surface area contributed by atoms with E-state index in [9.17, 15) is 0 Å². The Morgan fingerprint density at radius 3 is 2.85 bits per heavy atom. The van der Waals surface area contributed by atoms with Gasteiger partial charge >= 0.3 is 0 Å². The van der Waals surface area contributed by atoms with Gasteiger partial charge in [0.1, 0.15) is 5.82 Å². The summed E-state index contributed by atoms with van der Waals surface area (Å²) in [6.07, 6.45) is 3.81. The molecular weight excluding hydrogens is 162 g/mol. The van der Waals surface area contributed by atoms with Gasteiger partial charge in [0.25, 0.3) is 0 Å². The van der Waals surface area contributed by atoms with E-state index in [0.717, 1.165) is 17.2 Å². The number of nitrogen functional groups attached to an aromatic ring is 1. The smallest absolute Gasteiger partial charge is 0.149 e. The summed E-state index contributed by atoms with van der Waals surface area (Å²) in [5.41, 5.74) is 7.55. The lowest BCUT2D eigenvalue weighted by Gasteiger charge is -2.27. The Bertz CT molecular complexity index is 305. The molecule has 3 N–H and O–H groups in total. The molecular formula is C10H15N3. The summed E-state index contributed by atoms with van der Waals surface area (Å²) in [6, 6.07) is 4.43. The number of nitrogens with zero attached hydrogens (tertiary/aromatic N) is 1. The first-order chi connectivity index (χ1) is 6.25. The van der Waals surface area contributed by atoms with Crippen LogP contribution >= 0.6 is 0 Å². The number of rotatable bonds is 2. The van der Waals surface area contributed by atoms with Crippen molar-refractivity contribution in [2.45, 2.75) is 32.2 Å². The molecule has 0 amide bonds. The summed E-state index contributed by atoms with van der Waals surface area (Å²) >= 11 is 0. The first-order valence-electron chi connectivity index (χ1n) is 4.75. The van der Waals surface area contributed by atoms with Crippen LogP contribution in [0.3, 0.4) is 0 Å². The Kier molecular flexibility index (Phi) is 2.08. The molecule has 3 nitrogen and oxygen atoms in total. The van der Waals surface area contributed by atoms with E-state index in [0.29, 0.717) is 6.04 Å². The number of hydrogen-bond acceptors (Lipinski definition) is 3. The minimum atomic E-state index is 0.594. The Labute approximate surface area is 78.4 Å². The normalized spacial score (nSPS) is 16.7. The quantitative estimate of drug-likeness (QED) is 0.725. The van der Waals surface area contributed by atoms with Gasteiger partial charge < -0.3 is 11.1 Å². The minimum Gasteiger partial charge on any atom is -0.396 e. The molecule has 0 aromatic carbocycles. The van der Waals surface area contributed by atoms with Gasteiger partial charge in [0, 0.05) is 11.7 Å². The molecule has 70 valence electrons. The lowest BCUT2D eigenvalue weighted by molar-refractivity contribution is 0.444. The Hall–Kier alpha value is -1.25. The molecule has 13 heavy (non-hydrogen) atoms. The van der Waals surface area contributed by atoms with Crippen LogP contribution in [0, 0.1) is 6.92 Å². The van der Waals surface area contributed by atoms with E-state index >= 15 is 0 Å². The lowest BCUT2D eigenvalue weighted by Crippen LogP contribution is -2.28. The van der Waals surface area contributed by atoms with Crippen molar-refractivity contribution in [3.8, 4) is 0 Å². The highest BCUT2D eigenvalue weighted by Gasteiger charge is 2.18. The molecule has 1 fully saturated rings. The van der Waals surface area contributed by atoms with Crippen molar-refractivity contribution >= 4 is 11.5 Å². The first kappa shape index (κ1) is 8.35. The van der Waals surface area contributed by atoms with Crippen molar-refractivity contribution in [3.05, 3.63) is 17.8 Å². The third-order valence-electron chi connectivity index (χ3n) is 2.51. The van der Waals surface area contributed by atoms with Crippen LogP contribution in [-0.2, 0) is 0 Å². The number of nitrogens with two attached hydrogens (primary N) is 1. The Morgan fingerprint density at radius 1 is 1.46 bits per heavy atom. The number of nitrogens with one attached hydrogen (secondary N) is 1. The zero-order valence-corrected chi connectivity index (χ0v) is 7.88. The monoisotopic (exact) mass is 177 g/mol. The molecule has 0 bridgehead atoms. The highest BCUT2D eigenvalue weighted by atomic mass is 15.0. The maximum absolute atomic E-state index is 5.79. The van der Waals surface area contributed by atoms with Crippen LogP contribution in [0.25, 0.3) is 0 Å². The van der Waals surface area contributed by atoms with Gasteiger partial charge in [-0.05, 0) is 38.3 Å². The van der Waals surface area contributed by atoms with Crippen LogP contribution in [-0.4, -0.2) is 11.0 Å². The highest BCUT2D eigenvalue weighted by Crippen LogP contribution is 2.25. The Morgan fingerprint density at radius 2 is 2.23 bits per heavy atom. The van der Waals surface area contributed by atoms with Crippen molar-refractivity contribution in [2.24, 2.45) is 0 Å². The van der Waals surface area contributed by atoms with Crippen molar-refractivity contribution in [2.75, 3.05) is 11.1 Å². The van der Waals surface area contributed by atoms with Crippen molar-refractivity contribution in [3.63, 3.8) is 0 Å². The predicted octanol–water partition coefficient (Wildman–Crippen LogP) is 1.94. The molecule has 1 saturated carbocycles. The average molecular weight is 177 g/mol. The second-order valence-electron chi connectivity index (χ2n) is 3.66. The molecule has 0 unspecified atom stereocenters. The van der Waals surface area contributed by atoms with Crippen molar-refractivity contribution in [1.29, 1.82) is 0 Å². The number of aryl methyl sites for hydroxylation is 1. The highest BCUT2D eigenvalue weighted by molar-refractivity contribution is 5.61. The van der Waals surface area contributed by atoms with Crippen LogP contribution in [0.2, 0.25) is 0 Å². The summed E-state index contributed by atoms with van der Waals surface area (Å²) in [7, 11) is 0. The number of hydrogen-bond donors (Lipinski definition) is 2. The van der Waals surface area contributed by atoms with Crippen LogP contribution < -0.4 is 11.1 Å². The van der Waals surface area contributed by atoms with E-state index in [-0.39, 0.29) is 0 Å². The third-order valence-corrected chi connectivity index (χ3v) is 2.51. The zero-order valence-electron chi connectivity index (χ0n) is 7.88. The second-order valence-corrected chi connectivity index (χ2v) is 3.66. The zero-order chi connectivity index (χ0) is 9.26. The second kappa shape index (κ2) is 3.24. The third kappa shape index (κ3) is 1.74. The summed E-state index contributed by atoms with van der Waals surface area (Å²) in [6.45, 7) is 1.98. The minimum absolute atomic E-state index is 0.594. The maximum atomic E-state index is 5.79. The topological polar surface area (TPSA) is 50.9 Å². The molecule has 0 spiro atoms. The first-order valence-corrected chi connectivity index (χ1v) is 4.75. The largest absolute Gasteiger partial charge is 0.396 e. The fourth-order valence-corrected chi connectivity index (χ4v) is 1.43. The molecule has 0 aliphatic heterocycles. The molecule has 1 aliphatic carbocycles. The van der Waals surface area contributed by atoms with E-state index in [1.54, 1.807) is 0 Å². The van der Waals surface area contributed by atoms with Gasteiger partial charge in [0.05, 0.1) is 5.69 Å². The molecule has 1 aromatic heterocycles. The molecule has 3 heteroatoms. The van der Waals surface area contributed by atoms with Gasteiger partial charge in [-0.25, -0.2) is 4.98 Å². The summed E-state index contributed by atoms with van der Waals surface area (Å²) < 4.78 is 0. The number of anilines is 2. The van der Waals surface area contributed by atoms with Gasteiger partial charge in [0.2, 0.25) is 0 Å².